The minimum Gasteiger partial charge on any atom is -0.508 e. The van der Waals surface area contributed by atoms with Gasteiger partial charge in [0.1, 0.15) is 11.4 Å². The van der Waals surface area contributed by atoms with Gasteiger partial charge in [0.15, 0.2) is 17.3 Å². The Balaban J connectivity index is 1.62. The van der Waals surface area contributed by atoms with E-state index in [2.05, 4.69) is 15.2 Å². The molecule has 4 aromatic rings. The average Bonchev–Trinajstić information content (AvgIpc) is 3.35. The highest BCUT2D eigenvalue weighted by atomic mass is 16.3. The fourth-order valence-corrected chi connectivity index (χ4v) is 3.34. The number of pyridine rings is 1. The first-order valence-electron chi connectivity index (χ1n) is 9.82. The Morgan fingerprint density at radius 1 is 1.19 bits per heavy atom. The van der Waals surface area contributed by atoms with Crippen molar-refractivity contribution in [1.82, 2.24) is 29.3 Å². The number of aryl methyl sites for hydroxylation is 1. The largest absolute Gasteiger partial charge is 0.508 e. The summed E-state index contributed by atoms with van der Waals surface area (Å²) < 4.78 is 3.05. The van der Waals surface area contributed by atoms with Gasteiger partial charge in [-0.2, -0.15) is 5.10 Å². The van der Waals surface area contributed by atoms with E-state index in [1.165, 1.54) is 10.9 Å². The van der Waals surface area contributed by atoms with Crippen molar-refractivity contribution < 1.29 is 14.7 Å². The van der Waals surface area contributed by atoms with E-state index in [-0.39, 0.29) is 29.6 Å². The van der Waals surface area contributed by atoms with Gasteiger partial charge in [0, 0.05) is 38.8 Å². The predicted octanol–water partition coefficient (Wildman–Crippen LogP) is 2.35. The number of phenolic OH excluding ortho intramolecular Hbond substituents is 1. The molecule has 1 aromatic carbocycles. The van der Waals surface area contributed by atoms with E-state index in [4.69, 9.17) is 0 Å². The van der Waals surface area contributed by atoms with E-state index >= 15 is 0 Å². The number of carbonyl (C=O) groups excluding carboxylic acids is 2. The molecule has 4 rings (SSSR count). The minimum atomic E-state index is -0.234. The van der Waals surface area contributed by atoms with Crippen LogP contribution < -0.4 is 0 Å². The van der Waals surface area contributed by atoms with Crippen molar-refractivity contribution in [3.63, 3.8) is 0 Å². The average molecular weight is 418 g/mol. The molecule has 3 heterocycles. The SMILES string of the molecule is CCN(C)C(=O)c1cnn(C)c1C(=O)Cc1ccn2nc(-c3cccc(O)c3)nc2c1. The third-order valence-electron chi connectivity index (χ3n) is 5.13. The summed E-state index contributed by atoms with van der Waals surface area (Å²) in [5.41, 5.74) is 2.60. The maximum Gasteiger partial charge on any atom is 0.257 e. The molecule has 0 aliphatic carbocycles. The number of nitrogens with zero attached hydrogens (tertiary/aromatic N) is 6. The third-order valence-corrected chi connectivity index (χ3v) is 5.13. The van der Waals surface area contributed by atoms with Crippen molar-refractivity contribution >= 4 is 17.3 Å². The first kappa shape index (κ1) is 20.3. The minimum absolute atomic E-state index is 0.0977. The molecule has 0 atom stereocenters. The van der Waals surface area contributed by atoms with Crippen LogP contribution >= 0.6 is 0 Å². The van der Waals surface area contributed by atoms with Crippen molar-refractivity contribution in [1.29, 1.82) is 0 Å². The molecule has 0 saturated heterocycles. The molecule has 0 aliphatic rings. The van der Waals surface area contributed by atoms with E-state index in [9.17, 15) is 14.7 Å². The smallest absolute Gasteiger partial charge is 0.257 e. The second-order valence-electron chi connectivity index (χ2n) is 7.27. The number of fused-ring (bicyclic) bond motifs is 1. The molecule has 0 unspecified atom stereocenters. The number of ketones is 1. The predicted molar refractivity (Wildman–Crippen MR) is 114 cm³/mol. The van der Waals surface area contributed by atoms with Gasteiger partial charge in [-0.15, -0.1) is 5.10 Å². The fraction of sp³-hybridized carbons (Fsp3) is 0.227. The van der Waals surface area contributed by atoms with Crippen molar-refractivity contribution in [2.75, 3.05) is 13.6 Å². The van der Waals surface area contributed by atoms with Gasteiger partial charge in [0.05, 0.1) is 11.8 Å². The van der Waals surface area contributed by atoms with E-state index in [1.807, 2.05) is 13.0 Å². The van der Waals surface area contributed by atoms with E-state index < -0.39 is 0 Å². The van der Waals surface area contributed by atoms with Gasteiger partial charge in [0.25, 0.3) is 5.91 Å². The normalized spacial score (nSPS) is 11.1. The van der Waals surface area contributed by atoms with Crippen LogP contribution in [-0.2, 0) is 13.5 Å². The molecule has 9 heteroatoms. The maximum atomic E-state index is 13.0. The Bertz CT molecular complexity index is 1290. The number of hydrogen-bond donors (Lipinski definition) is 1. The summed E-state index contributed by atoms with van der Waals surface area (Å²) in [6.45, 7) is 2.40. The summed E-state index contributed by atoms with van der Waals surface area (Å²) in [5.74, 6) is 0.173. The lowest BCUT2D eigenvalue weighted by Gasteiger charge is -2.14. The number of rotatable bonds is 6. The Kier molecular flexibility index (Phi) is 5.24. The molecule has 1 amide bonds. The van der Waals surface area contributed by atoms with Crippen LogP contribution in [0.2, 0.25) is 0 Å². The van der Waals surface area contributed by atoms with Gasteiger partial charge in [-0.3, -0.25) is 14.3 Å². The zero-order chi connectivity index (χ0) is 22.1. The van der Waals surface area contributed by atoms with Crippen molar-refractivity contribution in [2.24, 2.45) is 7.05 Å². The third kappa shape index (κ3) is 3.89. The van der Waals surface area contributed by atoms with Crippen molar-refractivity contribution in [3.05, 3.63) is 65.6 Å². The quantitative estimate of drug-likeness (QED) is 0.482. The van der Waals surface area contributed by atoms with Crippen LogP contribution in [0.5, 0.6) is 5.75 Å². The van der Waals surface area contributed by atoms with Gasteiger partial charge in [-0.1, -0.05) is 12.1 Å². The lowest BCUT2D eigenvalue weighted by molar-refractivity contribution is 0.0795. The summed E-state index contributed by atoms with van der Waals surface area (Å²) in [6, 6.07) is 10.3. The number of aromatic nitrogens is 5. The topological polar surface area (TPSA) is 106 Å². The number of aromatic hydroxyl groups is 1. The number of carbonyl (C=O) groups is 2. The molecule has 0 spiro atoms. The van der Waals surface area contributed by atoms with Crippen LogP contribution in [0.4, 0.5) is 0 Å². The Morgan fingerprint density at radius 2 is 2.00 bits per heavy atom. The van der Waals surface area contributed by atoms with Gasteiger partial charge in [-0.25, -0.2) is 9.50 Å². The lowest BCUT2D eigenvalue weighted by Crippen LogP contribution is -2.28. The number of benzene rings is 1. The molecule has 31 heavy (non-hydrogen) atoms. The number of hydrogen-bond acceptors (Lipinski definition) is 6. The monoisotopic (exact) mass is 418 g/mol. The maximum absolute atomic E-state index is 13.0. The summed E-state index contributed by atoms with van der Waals surface area (Å²) in [7, 11) is 3.34. The fourth-order valence-electron chi connectivity index (χ4n) is 3.34. The Labute approximate surface area is 178 Å². The molecule has 9 nitrogen and oxygen atoms in total. The van der Waals surface area contributed by atoms with E-state index in [0.29, 0.717) is 29.1 Å². The summed E-state index contributed by atoms with van der Waals surface area (Å²) >= 11 is 0. The lowest BCUT2D eigenvalue weighted by atomic mass is 10.0. The number of amides is 1. The van der Waals surface area contributed by atoms with Crippen molar-refractivity contribution in [2.45, 2.75) is 13.3 Å². The highest BCUT2D eigenvalue weighted by Crippen LogP contribution is 2.21. The van der Waals surface area contributed by atoms with Crippen LogP contribution in [0.3, 0.4) is 0 Å². The molecule has 158 valence electrons. The zero-order valence-electron chi connectivity index (χ0n) is 17.5. The van der Waals surface area contributed by atoms with Crippen LogP contribution in [0.1, 0.15) is 33.3 Å². The van der Waals surface area contributed by atoms with Gasteiger partial charge >= 0.3 is 0 Å². The van der Waals surface area contributed by atoms with Gasteiger partial charge in [0.2, 0.25) is 0 Å². The summed E-state index contributed by atoms with van der Waals surface area (Å²) in [6.07, 6.45) is 3.27. The molecule has 3 aromatic heterocycles. The highest BCUT2D eigenvalue weighted by molar-refractivity contribution is 6.07. The van der Waals surface area contributed by atoms with Crippen LogP contribution in [0, 0.1) is 0 Å². The second-order valence-corrected chi connectivity index (χ2v) is 7.27. The van der Waals surface area contributed by atoms with Crippen molar-refractivity contribution in [3.8, 4) is 17.1 Å². The molecule has 1 N–H and O–H groups in total. The van der Waals surface area contributed by atoms with Gasteiger partial charge in [-0.05, 0) is 36.8 Å². The van der Waals surface area contributed by atoms with Gasteiger partial charge < -0.3 is 10.0 Å². The first-order valence-corrected chi connectivity index (χ1v) is 9.82. The molecule has 0 bridgehead atoms. The molecular formula is C22H22N6O3. The molecule has 0 fully saturated rings. The molecule has 0 radical (unpaired) electrons. The van der Waals surface area contributed by atoms with E-state index in [1.54, 1.807) is 60.0 Å². The Morgan fingerprint density at radius 3 is 2.74 bits per heavy atom. The van der Waals surface area contributed by atoms with E-state index in [0.717, 1.165) is 5.56 Å². The first-order chi connectivity index (χ1) is 14.9. The molecular weight excluding hydrogens is 396 g/mol. The summed E-state index contributed by atoms with van der Waals surface area (Å²) in [4.78, 5) is 31.7. The Hall–Kier alpha value is -4.01. The highest BCUT2D eigenvalue weighted by Gasteiger charge is 2.24. The van der Waals surface area contributed by atoms with Crippen LogP contribution in [-0.4, -0.2) is 59.7 Å². The number of Topliss-reactive ketones (excluding diaryl/α,β-unsaturated/α-hetero) is 1. The van der Waals surface area contributed by atoms with Crippen LogP contribution in [0.25, 0.3) is 17.0 Å². The standard InChI is InChI=1S/C22H22N6O3/c1-4-26(2)22(31)17-13-23-27(3)20(17)18(30)10-14-8-9-28-19(11-14)24-21(25-28)15-6-5-7-16(29)12-15/h5-9,11-13,29H,4,10H2,1-3H3. The summed E-state index contributed by atoms with van der Waals surface area (Å²) in [5, 5.41) is 18.2. The molecule has 0 aliphatic heterocycles. The zero-order valence-corrected chi connectivity index (χ0v) is 17.5. The van der Waals surface area contributed by atoms with Crippen LogP contribution in [0.15, 0.2) is 48.8 Å². The number of phenols is 1. The second kappa shape index (κ2) is 8.02. The molecule has 0 saturated carbocycles.